The average Bonchev–Trinajstić information content (AvgIpc) is 3.41. The number of ether oxygens (including phenoxy) is 1. The van der Waals surface area contributed by atoms with E-state index in [9.17, 15) is 15.0 Å². The third-order valence-electron chi connectivity index (χ3n) is 5.11. The minimum absolute atomic E-state index is 0.0533. The van der Waals surface area contributed by atoms with Crippen molar-refractivity contribution < 1.29 is 24.3 Å². The second-order valence-corrected chi connectivity index (χ2v) is 7.38. The Balaban J connectivity index is 1.98. The number of benzene rings is 2. The molecule has 0 bridgehead atoms. The molecule has 0 amide bonds. The van der Waals surface area contributed by atoms with Crippen LogP contribution in [-0.2, 0) is 0 Å². The van der Waals surface area contributed by atoms with E-state index in [2.05, 4.69) is 5.16 Å². The number of carbonyl (C=O) groups is 1. The summed E-state index contributed by atoms with van der Waals surface area (Å²) in [6.07, 6.45) is 1.49. The highest BCUT2D eigenvalue weighted by molar-refractivity contribution is 6.07. The number of aromatic nitrogens is 2. The normalized spacial score (nSPS) is 11.1. The van der Waals surface area contributed by atoms with Crippen molar-refractivity contribution in [3.05, 3.63) is 66.4 Å². The van der Waals surface area contributed by atoms with Crippen molar-refractivity contribution in [1.29, 1.82) is 0 Å². The van der Waals surface area contributed by atoms with Gasteiger partial charge in [0, 0.05) is 28.8 Å². The number of methoxy groups -OCH3 is 1. The monoisotopic (exact) mass is 418 g/mol. The maximum atomic E-state index is 13.0. The number of rotatable bonds is 6. The van der Waals surface area contributed by atoms with Gasteiger partial charge in [-0.25, -0.2) is 0 Å². The lowest BCUT2D eigenvalue weighted by Gasteiger charge is -2.15. The van der Waals surface area contributed by atoms with E-state index in [1.165, 1.54) is 17.9 Å². The van der Waals surface area contributed by atoms with E-state index in [1.807, 2.05) is 18.2 Å². The summed E-state index contributed by atoms with van der Waals surface area (Å²) in [5.41, 5.74) is 3.05. The second-order valence-electron chi connectivity index (χ2n) is 7.38. The van der Waals surface area contributed by atoms with E-state index in [4.69, 9.17) is 9.26 Å². The molecule has 0 radical (unpaired) electrons. The maximum absolute atomic E-state index is 13.0. The summed E-state index contributed by atoms with van der Waals surface area (Å²) in [4.78, 5) is 13.0. The third kappa shape index (κ3) is 3.44. The molecule has 158 valence electrons. The molecule has 0 aliphatic rings. The molecule has 0 fully saturated rings. The van der Waals surface area contributed by atoms with Gasteiger partial charge in [0.05, 0.1) is 18.4 Å². The largest absolute Gasteiger partial charge is 0.503 e. The van der Waals surface area contributed by atoms with Crippen LogP contribution in [0.1, 0.15) is 24.2 Å². The first-order valence-corrected chi connectivity index (χ1v) is 9.79. The van der Waals surface area contributed by atoms with Crippen LogP contribution in [0.4, 0.5) is 0 Å². The molecule has 4 aromatic rings. The minimum Gasteiger partial charge on any atom is -0.503 e. The zero-order valence-corrected chi connectivity index (χ0v) is 17.4. The molecule has 0 spiro atoms. The van der Waals surface area contributed by atoms with Gasteiger partial charge in [-0.3, -0.25) is 9.36 Å². The second kappa shape index (κ2) is 8.02. The number of Topliss-reactive ketones (excluding diaryl/α,β-unsaturated/α-hetero) is 1. The molecule has 4 rings (SSSR count). The molecule has 2 N–H and O–H groups in total. The summed E-state index contributed by atoms with van der Waals surface area (Å²) in [5, 5.41) is 25.5. The summed E-state index contributed by atoms with van der Waals surface area (Å²) < 4.78 is 11.8. The van der Waals surface area contributed by atoms with Crippen LogP contribution in [0.5, 0.6) is 17.4 Å². The molecule has 0 aliphatic heterocycles. The smallest absolute Gasteiger partial charge is 0.240 e. The van der Waals surface area contributed by atoms with Crippen molar-refractivity contribution in [1.82, 2.24) is 9.72 Å². The Morgan fingerprint density at radius 1 is 1.06 bits per heavy atom. The fraction of sp³-hybridized carbons (Fsp3) is 0.167. The molecule has 0 aliphatic carbocycles. The predicted octanol–water partition coefficient (Wildman–Crippen LogP) is 5.06. The van der Waals surface area contributed by atoms with Gasteiger partial charge in [-0.1, -0.05) is 43.3 Å². The Morgan fingerprint density at radius 3 is 2.39 bits per heavy atom. The molecule has 2 aromatic heterocycles. The maximum Gasteiger partial charge on any atom is 0.240 e. The molecule has 0 unspecified atom stereocenters. The van der Waals surface area contributed by atoms with Crippen LogP contribution in [0.2, 0.25) is 0 Å². The van der Waals surface area contributed by atoms with Gasteiger partial charge in [0.15, 0.2) is 11.5 Å². The Kier molecular flexibility index (Phi) is 5.25. The van der Waals surface area contributed by atoms with Gasteiger partial charge in [-0.05, 0) is 24.3 Å². The zero-order chi connectivity index (χ0) is 22.1. The molecule has 31 heavy (non-hydrogen) atoms. The topological polar surface area (TPSA) is 97.7 Å². The summed E-state index contributed by atoms with van der Waals surface area (Å²) in [7, 11) is 1.53. The van der Waals surface area contributed by atoms with E-state index >= 15 is 0 Å². The number of carbonyl (C=O) groups excluding carboxylic acids is 1. The molecule has 7 nitrogen and oxygen atoms in total. The Labute approximate surface area is 179 Å². The number of aromatic hydroxyl groups is 2. The lowest BCUT2D eigenvalue weighted by molar-refractivity contribution is 0.0937. The molecular formula is C24H22N2O5. The van der Waals surface area contributed by atoms with Gasteiger partial charge < -0.3 is 19.5 Å². The highest BCUT2D eigenvalue weighted by atomic mass is 16.5. The first kappa shape index (κ1) is 20.3. The lowest BCUT2D eigenvalue weighted by Crippen LogP contribution is -2.09. The Morgan fingerprint density at radius 2 is 1.77 bits per heavy atom. The van der Waals surface area contributed by atoms with Crippen molar-refractivity contribution in [2.24, 2.45) is 5.92 Å². The quantitative estimate of drug-likeness (QED) is 0.425. The van der Waals surface area contributed by atoms with Gasteiger partial charge in [-0.15, -0.1) is 0 Å². The third-order valence-corrected chi connectivity index (χ3v) is 5.11. The molecule has 0 saturated heterocycles. The molecule has 0 atom stereocenters. The number of para-hydroxylation sites is 1. The van der Waals surface area contributed by atoms with Gasteiger partial charge in [0.1, 0.15) is 17.7 Å². The first-order valence-electron chi connectivity index (χ1n) is 9.79. The highest BCUT2D eigenvalue weighted by Crippen LogP contribution is 2.46. The van der Waals surface area contributed by atoms with E-state index in [-0.39, 0.29) is 17.3 Å². The molecule has 2 heterocycles. The summed E-state index contributed by atoms with van der Waals surface area (Å²) >= 11 is 0. The van der Waals surface area contributed by atoms with Gasteiger partial charge in [0.25, 0.3) is 0 Å². The molecule has 2 aromatic carbocycles. The van der Waals surface area contributed by atoms with Crippen LogP contribution in [0.25, 0.3) is 28.2 Å². The molecule has 0 saturated carbocycles. The van der Waals surface area contributed by atoms with Crippen LogP contribution in [0.15, 0.2) is 65.4 Å². The van der Waals surface area contributed by atoms with Crippen LogP contribution in [0, 0.1) is 5.92 Å². The lowest BCUT2D eigenvalue weighted by atomic mass is 9.97. The minimum atomic E-state index is -0.458. The number of nitrogens with zero attached hydrogens (tertiary/aromatic N) is 2. The Hall–Kier alpha value is -4.00. The van der Waals surface area contributed by atoms with Gasteiger partial charge >= 0.3 is 0 Å². The van der Waals surface area contributed by atoms with Crippen LogP contribution in [-0.4, -0.2) is 32.8 Å². The van der Waals surface area contributed by atoms with Crippen molar-refractivity contribution >= 4 is 5.78 Å². The standard InChI is InChI=1S/C24H22N2O5/c1-14(2)22(27)20-21(17-6-4-5-7-19(17)30-3)26(24(29)23(20)28)16-10-8-15(9-11-16)18-12-13-31-25-18/h4-14,28-29H,1-3H3. The fourth-order valence-corrected chi connectivity index (χ4v) is 3.56. The summed E-state index contributed by atoms with van der Waals surface area (Å²) in [6.45, 7) is 3.49. The van der Waals surface area contributed by atoms with E-state index < -0.39 is 11.6 Å². The van der Waals surface area contributed by atoms with Gasteiger partial charge in [-0.2, -0.15) is 0 Å². The zero-order valence-electron chi connectivity index (χ0n) is 17.4. The van der Waals surface area contributed by atoms with Crippen molar-refractivity contribution in [2.75, 3.05) is 7.11 Å². The van der Waals surface area contributed by atoms with Crippen molar-refractivity contribution in [2.45, 2.75) is 13.8 Å². The predicted molar refractivity (Wildman–Crippen MR) is 116 cm³/mol. The van der Waals surface area contributed by atoms with Crippen LogP contribution >= 0.6 is 0 Å². The molecular weight excluding hydrogens is 396 g/mol. The van der Waals surface area contributed by atoms with Crippen LogP contribution in [0.3, 0.4) is 0 Å². The average molecular weight is 418 g/mol. The van der Waals surface area contributed by atoms with E-state index in [1.54, 1.807) is 50.2 Å². The number of hydrogen-bond acceptors (Lipinski definition) is 6. The summed E-state index contributed by atoms with van der Waals surface area (Å²) in [5.74, 6) is -1.03. The number of hydrogen-bond donors (Lipinski definition) is 2. The van der Waals surface area contributed by atoms with E-state index in [0.717, 1.165) is 5.56 Å². The molecule has 7 heteroatoms. The first-order chi connectivity index (χ1) is 14.9. The Bertz CT molecular complexity index is 1220. The number of ketones is 1. The van der Waals surface area contributed by atoms with E-state index in [0.29, 0.717) is 28.4 Å². The van der Waals surface area contributed by atoms with Gasteiger partial charge in [0.2, 0.25) is 5.88 Å². The summed E-state index contributed by atoms with van der Waals surface area (Å²) in [6, 6.07) is 16.1. The van der Waals surface area contributed by atoms with Crippen molar-refractivity contribution in [3.8, 4) is 45.6 Å². The van der Waals surface area contributed by atoms with Crippen molar-refractivity contribution in [3.63, 3.8) is 0 Å². The fourth-order valence-electron chi connectivity index (χ4n) is 3.56. The SMILES string of the molecule is COc1ccccc1-c1c(C(=O)C(C)C)c(O)c(O)n1-c1ccc(-c2ccon2)cc1. The van der Waals surface area contributed by atoms with Crippen LogP contribution < -0.4 is 4.74 Å². The highest BCUT2D eigenvalue weighted by Gasteiger charge is 2.31.